The molecule has 36 heavy (non-hydrogen) atoms. The van der Waals surface area contributed by atoms with E-state index in [9.17, 15) is 15.2 Å². The Morgan fingerprint density at radius 3 is 2.83 bits per heavy atom. The van der Waals surface area contributed by atoms with Gasteiger partial charge in [-0.1, -0.05) is 18.2 Å². The van der Waals surface area contributed by atoms with Crippen molar-refractivity contribution in [3.8, 4) is 22.9 Å². The minimum Gasteiger partial charge on any atom is -0.489 e. The highest BCUT2D eigenvalue weighted by atomic mass is 16.5. The highest BCUT2D eigenvalue weighted by molar-refractivity contribution is 5.95. The number of imidazole rings is 1. The molecule has 0 aliphatic carbocycles. The first-order valence-electron chi connectivity index (χ1n) is 12.6. The van der Waals surface area contributed by atoms with Crippen LogP contribution in [-0.2, 0) is 26.2 Å². The number of aromatic nitrogens is 4. The van der Waals surface area contributed by atoms with Gasteiger partial charge in [0.2, 0.25) is 0 Å². The van der Waals surface area contributed by atoms with Gasteiger partial charge in [0, 0.05) is 46.9 Å². The Balaban J connectivity index is 1.78. The molecule has 1 aliphatic heterocycles. The molecule has 6 bridgehead atoms. The van der Waals surface area contributed by atoms with Gasteiger partial charge in [-0.2, -0.15) is 5.26 Å². The SMILES string of the molecule is [2H]C([2H])([2H])n1c(=O)cc2c3cc(ccc31)C(O)(c1cncn1C)c1cnc(C#N)c(c1)COc1cccc-2c1. The Morgan fingerprint density at radius 1 is 1.17 bits per heavy atom. The van der Waals surface area contributed by atoms with Gasteiger partial charge in [-0.15, -0.1) is 0 Å². The van der Waals surface area contributed by atoms with Crippen molar-refractivity contribution in [2.24, 2.45) is 14.0 Å². The van der Waals surface area contributed by atoms with Crippen LogP contribution in [0.2, 0.25) is 0 Å². The molecule has 0 radical (unpaired) electrons. The summed E-state index contributed by atoms with van der Waals surface area (Å²) in [6.07, 6.45) is 4.52. The average Bonchev–Trinajstić information content (AvgIpc) is 3.35. The molecule has 5 aromatic rings. The van der Waals surface area contributed by atoms with Crippen molar-refractivity contribution < 1.29 is 14.0 Å². The molecular weight excluding hydrogens is 454 g/mol. The van der Waals surface area contributed by atoms with Crippen molar-refractivity contribution in [1.82, 2.24) is 19.1 Å². The molecule has 4 heterocycles. The normalized spacial score (nSPS) is 18.1. The first-order valence-corrected chi connectivity index (χ1v) is 11.1. The molecule has 0 saturated heterocycles. The summed E-state index contributed by atoms with van der Waals surface area (Å²) < 4.78 is 32.5. The number of nitriles is 1. The standard InChI is InChI=1S/C28H21N5O3/c1-32-16-30-14-26(32)28(35)19-6-7-25-23(10-19)22(11-27(34)33(25)2)17-4-3-5-21(9-17)36-15-18-8-20(28)13-31-24(18)12-29/h3-11,13-14,16,35H,15H2,1-2H3/i2D3. The molecule has 176 valence electrons. The topological polar surface area (TPSA) is 106 Å². The summed E-state index contributed by atoms with van der Waals surface area (Å²) in [6.45, 7) is -2.73. The smallest absolute Gasteiger partial charge is 0.251 e. The van der Waals surface area contributed by atoms with Crippen LogP contribution in [0.1, 0.15) is 32.2 Å². The van der Waals surface area contributed by atoms with Crippen LogP contribution >= 0.6 is 0 Å². The molecule has 8 heteroatoms. The second-order valence-corrected chi connectivity index (χ2v) is 8.72. The van der Waals surface area contributed by atoms with E-state index in [1.54, 1.807) is 60.4 Å². The second kappa shape index (κ2) is 7.90. The van der Waals surface area contributed by atoms with E-state index in [0.29, 0.717) is 44.6 Å². The number of aliphatic hydroxyl groups is 1. The fourth-order valence-electron chi connectivity index (χ4n) is 4.80. The lowest BCUT2D eigenvalue weighted by Crippen LogP contribution is -2.32. The van der Waals surface area contributed by atoms with Crippen molar-refractivity contribution in [2.75, 3.05) is 0 Å². The average molecular weight is 479 g/mol. The van der Waals surface area contributed by atoms with Crippen molar-refractivity contribution >= 4 is 10.9 Å². The van der Waals surface area contributed by atoms with Crippen LogP contribution in [0.15, 0.2) is 78.1 Å². The summed E-state index contributed by atoms with van der Waals surface area (Å²) in [5, 5.41) is 22.7. The van der Waals surface area contributed by atoms with Crippen molar-refractivity contribution in [3.63, 3.8) is 0 Å². The molecule has 0 amide bonds. The maximum absolute atomic E-state index is 13.1. The van der Waals surface area contributed by atoms with Gasteiger partial charge in [-0.05, 0) is 47.0 Å². The van der Waals surface area contributed by atoms with E-state index in [-0.39, 0.29) is 17.8 Å². The molecule has 1 aliphatic rings. The van der Waals surface area contributed by atoms with Gasteiger partial charge < -0.3 is 19.0 Å². The van der Waals surface area contributed by atoms with Crippen molar-refractivity contribution in [1.29, 1.82) is 5.26 Å². The van der Waals surface area contributed by atoms with Crippen LogP contribution < -0.4 is 10.3 Å². The predicted molar refractivity (Wildman–Crippen MR) is 133 cm³/mol. The van der Waals surface area contributed by atoms with E-state index < -0.39 is 18.1 Å². The van der Waals surface area contributed by atoms with Gasteiger partial charge in [0.25, 0.3) is 5.56 Å². The lowest BCUT2D eigenvalue weighted by atomic mass is 9.82. The van der Waals surface area contributed by atoms with Crippen LogP contribution in [0, 0.1) is 11.3 Å². The van der Waals surface area contributed by atoms with Gasteiger partial charge in [0.1, 0.15) is 24.1 Å². The number of hydrogen-bond donors (Lipinski definition) is 1. The number of nitrogens with zero attached hydrogens (tertiary/aromatic N) is 5. The highest BCUT2D eigenvalue weighted by Crippen LogP contribution is 2.40. The van der Waals surface area contributed by atoms with E-state index in [1.807, 2.05) is 0 Å². The summed E-state index contributed by atoms with van der Waals surface area (Å²) in [7, 11) is 1.74. The molecule has 0 spiro atoms. The third kappa shape index (κ3) is 3.14. The van der Waals surface area contributed by atoms with Gasteiger partial charge in [-0.25, -0.2) is 9.97 Å². The fourth-order valence-corrected chi connectivity index (χ4v) is 4.80. The lowest BCUT2D eigenvalue weighted by Gasteiger charge is -2.30. The fraction of sp³-hybridized carbons (Fsp3) is 0.143. The van der Waals surface area contributed by atoms with Crippen LogP contribution in [0.5, 0.6) is 5.75 Å². The number of rotatable bonds is 1. The van der Waals surface area contributed by atoms with Gasteiger partial charge in [0.15, 0.2) is 5.60 Å². The third-order valence-electron chi connectivity index (χ3n) is 6.65. The van der Waals surface area contributed by atoms with E-state index in [1.165, 1.54) is 24.5 Å². The zero-order valence-corrected chi connectivity index (χ0v) is 19.1. The molecule has 2 aromatic carbocycles. The lowest BCUT2D eigenvalue weighted by molar-refractivity contribution is 0.117. The van der Waals surface area contributed by atoms with Crippen LogP contribution in [0.3, 0.4) is 0 Å². The number of ether oxygens (including phenoxy) is 1. The third-order valence-corrected chi connectivity index (χ3v) is 6.65. The van der Waals surface area contributed by atoms with E-state index in [0.717, 1.165) is 4.57 Å². The first kappa shape index (κ1) is 18.6. The first-order chi connectivity index (χ1) is 18.6. The summed E-state index contributed by atoms with van der Waals surface area (Å²) in [4.78, 5) is 21.6. The summed E-state index contributed by atoms with van der Waals surface area (Å²) in [5.41, 5.74) is 0.609. The Morgan fingerprint density at radius 2 is 2.06 bits per heavy atom. The largest absolute Gasteiger partial charge is 0.489 e. The molecule has 6 rings (SSSR count). The number of aryl methyl sites for hydroxylation is 2. The summed E-state index contributed by atoms with van der Waals surface area (Å²) in [5.74, 6) is 0.479. The number of fused-ring (bicyclic) bond motifs is 6. The predicted octanol–water partition coefficient (Wildman–Crippen LogP) is 3.38. The van der Waals surface area contributed by atoms with Crippen LogP contribution in [0.4, 0.5) is 0 Å². The zero-order valence-electron chi connectivity index (χ0n) is 22.1. The van der Waals surface area contributed by atoms with E-state index in [2.05, 4.69) is 16.0 Å². The van der Waals surface area contributed by atoms with E-state index >= 15 is 0 Å². The number of pyridine rings is 2. The summed E-state index contributed by atoms with van der Waals surface area (Å²) >= 11 is 0. The Kier molecular flexibility index (Phi) is 4.08. The van der Waals surface area contributed by atoms with E-state index in [4.69, 9.17) is 8.85 Å². The molecule has 1 N–H and O–H groups in total. The van der Waals surface area contributed by atoms with Crippen molar-refractivity contribution in [2.45, 2.75) is 12.2 Å². The number of benzene rings is 2. The maximum atomic E-state index is 13.1. The molecule has 8 nitrogen and oxygen atoms in total. The molecule has 0 saturated carbocycles. The second-order valence-electron chi connectivity index (χ2n) is 8.72. The molecule has 3 aromatic heterocycles. The minimum absolute atomic E-state index is 0.00227. The van der Waals surface area contributed by atoms with Crippen molar-refractivity contribution in [3.05, 3.63) is 112 Å². The number of hydrogen-bond acceptors (Lipinski definition) is 6. The Hall–Kier alpha value is -4.74. The van der Waals surface area contributed by atoms with Gasteiger partial charge in [-0.3, -0.25) is 4.79 Å². The minimum atomic E-state index is -2.73. The Labute approximate surface area is 210 Å². The Bertz CT molecular complexity index is 1890. The molecule has 1 atom stereocenters. The quantitative estimate of drug-likeness (QED) is 0.396. The van der Waals surface area contributed by atoms with Crippen LogP contribution in [0.25, 0.3) is 22.0 Å². The highest BCUT2D eigenvalue weighted by Gasteiger charge is 2.38. The van der Waals surface area contributed by atoms with Gasteiger partial charge in [0.05, 0.1) is 23.7 Å². The zero-order chi connectivity index (χ0) is 27.5. The monoisotopic (exact) mass is 478 g/mol. The van der Waals surface area contributed by atoms with Gasteiger partial charge >= 0.3 is 0 Å². The molecular formula is C28H21N5O3. The maximum Gasteiger partial charge on any atom is 0.251 e. The van der Waals surface area contributed by atoms with Crippen LogP contribution in [-0.4, -0.2) is 24.2 Å². The molecule has 1 unspecified atom stereocenters. The summed E-state index contributed by atoms with van der Waals surface area (Å²) in [6, 6.07) is 16.9. The molecule has 0 fully saturated rings.